The van der Waals surface area contributed by atoms with Crippen LogP contribution >= 0.6 is 0 Å². The van der Waals surface area contributed by atoms with Crippen LogP contribution in [0.2, 0.25) is 0 Å². The van der Waals surface area contributed by atoms with Gasteiger partial charge in [0.25, 0.3) is 5.56 Å². The van der Waals surface area contributed by atoms with Gasteiger partial charge in [-0.1, -0.05) is 12.1 Å². The summed E-state index contributed by atoms with van der Waals surface area (Å²) >= 11 is 0. The summed E-state index contributed by atoms with van der Waals surface area (Å²) in [5.41, 5.74) is 3.72. The van der Waals surface area contributed by atoms with Crippen molar-refractivity contribution in [2.45, 2.75) is 18.9 Å². The highest BCUT2D eigenvalue weighted by atomic mass is 19.1. The second-order valence-electron chi connectivity index (χ2n) is 9.13. The molecule has 0 saturated carbocycles. The first-order valence-electron chi connectivity index (χ1n) is 12.2. The lowest BCUT2D eigenvalue weighted by Gasteiger charge is -2.29. The lowest BCUT2D eigenvalue weighted by molar-refractivity contribution is 0.403. The number of ether oxygens (including phenoxy) is 1. The van der Waals surface area contributed by atoms with Crippen LogP contribution in [-0.2, 0) is 6.42 Å². The first-order valence-corrected chi connectivity index (χ1v) is 12.2. The highest BCUT2D eigenvalue weighted by Crippen LogP contribution is 2.40. The normalized spacial score (nSPS) is 17.3. The summed E-state index contributed by atoms with van der Waals surface area (Å²) < 4.78 is 22.3. The van der Waals surface area contributed by atoms with Gasteiger partial charge in [-0.05, 0) is 48.7 Å². The van der Waals surface area contributed by atoms with E-state index in [1.165, 1.54) is 11.6 Å². The van der Waals surface area contributed by atoms with Gasteiger partial charge >= 0.3 is 0 Å². The molecule has 4 aromatic rings. The van der Waals surface area contributed by atoms with Crippen molar-refractivity contribution in [1.82, 2.24) is 19.9 Å². The van der Waals surface area contributed by atoms with Crippen LogP contribution in [-0.4, -0.2) is 47.8 Å². The van der Waals surface area contributed by atoms with Gasteiger partial charge in [0, 0.05) is 55.1 Å². The van der Waals surface area contributed by atoms with E-state index in [2.05, 4.69) is 21.7 Å². The second-order valence-corrected chi connectivity index (χ2v) is 9.13. The Morgan fingerprint density at radius 1 is 1.14 bits per heavy atom. The van der Waals surface area contributed by atoms with Crippen molar-refractivity contribution in [2.24, 2.45) is 0 Å². The standard InChI is InChI=1S/C27H27FN6O2/c1-36-23-4-2-3-17-5-8-22(25(17)23)34-24(35)10-6-18-16-30-27(32-26(18)34)31-19-7-9-21(20(28)15-19)33-13-11-29-12-14-33/h2-4,6-7,9-10,15-16,22,29H,5,8,11-14H2,1H3,(H,30,31,32). The van der Waals surface area contributed by atoms with Crippen LogP contribution < -0.4 is 25.8 Å². The molecule has 1 aliphatic carbocycles. The number of anilines is 3. The van der Waals surface area contributed by atoms with E-state index in [1.54, 1.807) is 36.1 Å². The number of fused-ring (bicyclic) bond motifs is 2. The molecule has 2 N–H and O–H groups in total. The molecule has 8 nitrogen and oxygen atoms in total. The van der Waals surface area contributed by atoms with Crippen LogP contribution in [0.5, 0.6) is 5.75 Å². The zero-order valence-corrected chi connectivity index (χ0v) is 20.0. The summed E-state index contributed by atoms with van der Waals surface area (Å²) in [6.45, 7) is 3.21. The van der Waals surface area contributed by atoms with Gasteiger partial charge in [-0.3, -0.25) is 9.36 Å². The Morgan fingerprint density at radius 3 is 2.81 bits per heavy atom. The molecule has 184 valence electrons. The van der Waals surface area contributed by atoms with Crippen LogP contribution in [0.25, 0.3) is 11.0 Å². The Morgan fingerprint density at radius 2 is 2.00 bits per heavy atom. The zero-order valence-electron chi connectivity index (χ0n) is 20.0. The number of halogens is 1. The average molecular weight is 487 g/mol. The van der Waals surface area contributed by atoms with Crippen LogP contribution in [0.1, 0.15) is 23.6 Å². The van der Waals surface area contributed by atoms with E-state index in [1.807, 2.05) is 23.1 Å². The lowest BCUT2D eigenvalue weighted by atomic mass is 10.1. The molecular formula is C27H27FN6O2. The molecule has 0 amide bonds. The number of nitrogens with zero attached hydrogens (tertiary/aromatic N) is 4. The summed E-state index contributed by atoms with van der Waals surface area (Å²) in [6, 6.07) is 14.1. The quantitative estimate of drug-likeness (QED) is 0.446. The number of piperazine rings is 1. The van der Waals surface area contributed by atoms with E-state index < -0.39 is 0 Å². The molecule has 1 saturated heterocycles. The Bertz CT molecular complexity index is 1500. The molecule has 1 unspecified atom stereocenters. The summed E-state index contributed by atoms with van der Waals surface area (Å²) in [6.07, 6.45) is 3.32. The Kier molecular flexibility index (Phi) is 5.77. The predicted octanol–water partition coefficient (Wildman–Crippen LogP) is 3.63. The number of benzene rings is 2. The molecule has 36 heavy (non-hydrogen) atoms. The fraction of sp³-hybridized carbons (Fsp3) is 0.296. The summed E-state index contributed by atoms with van der Waals surface area (Å²) in [7, 11) is 1.65. The Balaban J connectivity index is 1.36. The molecule has 1 fully saturated rings. The maximum atomic E-state index is 14.9. The number of rotatable bonds is 5. The van der Waals surface area contributed by atoms with E-state index in [4.69, 9.17) is 9.72 Å². The Hall–Kier alpha value is -3.98. The van der Waals surface area contributed by atoms with Crippen LogP contribution in [0.4, 0.5) is 21.7 Å². The highest BCUT2D eigenvalue weighted by Gasteiger charge is 2.29. The minimum Gasteiger partial charge on any atom is -0.496 e. The molecule has 2 aromatic carbocycles. The van der Waals surface area contributed by atoms with Gasteiger partial charge in [-0.25, -0.2) is 9.37 Å². The maximum Gasteiger partial charge on any atom is 0.252 e. The molecule has 9 heteroatoms. The third-order valence-electron chi connectivity index (χ3n) is 7.04. The number of methoxy groups -OCH3 is 1. The average Bonchev–Trinajstić information content (AvgIpc) is 3.33. The zero-order chi connectivity index (χ0) is 24.6. The van der Waals surface area contributed by atoms with Gasteiger partial charge in [0.15, 0.2) is 0 Å². The van der Waals surface area contributed by atoms with Gasteiger partial charge < -0.3 is 20.3 Å². The van der Waals surface area contributed by atoms with Crippen LogP contribution in [0.3, 0.4) is 0 Å². The highest BCUT2D eigenvalue weighted by molar-refractivity contribution is 5.76. The molecule has 2 aromatic heterocycles. The molecule has 1 aliphatic heterocycles. The van der Waals surface area contributed by atoms with E-state index in [0.717, 1.165) is 55.7 Å². The van der Waals surface area contributed by atoms with E-state index in [9.17, 15) is 9.18 Å². The largest absolute Gasteiger partial charge is 0.496 e. The monoisotopic (exact) mass is 486 g/mol. The summed E-state index contributed by atoms with van der Waals surface area (Å²) in [4.78, 5) is 24.3. The van der Waals surface area contributed by atoms with Crippen molar-refractivity contribution in [3.05, 3.63) is 82.0 Å². The third kappa shape index (κ3) is 3.95. The third-order valence-corrected chi connectivity index (χ3v) is 7.04. The lowest BCUT2D eigenvalue weighted by Crippen LogP contribution is -2.43. The molecule has 2 aliphatic rings. The van der Waals surface area contributed by atoms with Crippen molar-refractivity contribution < 1.29 is 9.13 Å². The van der Waals surface area contributed by atoms with Crippen molar-refractivity contribution in [3.8, 4) is 5.75 Å². The number of hydrogen-bond donors (Lipinski definition) is 2. The van der Waals surface area contributed by atoms with Crippen LogP contribution in [0, 0.1) is 5.82 Å². The van der Waals surface area contributed by atoms with Gasteiger partial charge in [0.1, 0.15) is 17.2 Å². The first kappa shape index (κ1) is 22.5. The summed E-state index contributed by atoms with van der Waals surface area (Å²) in [5.74, 6) is 0.773. The first-order chi connectivity index (χ1) is 17.6. The smallest absolute Gasteiger partial charge is 0.252 e. The molecule has 0 bridgehead atoms. The van der Waals surface area contributed by atoms with Crippen molar-refractivity contribution >= 4 is 28.4 Å². The van der Waals surface area contributed by atoms with Crippen molar-refractivity contribution in [1.29, 1.82) is 0 Å². The molecule has 0 spiro atoms. The van der Waals surface area contributed by atoms with Gasteiger partial charge in [0.2, 0.25) is 5.95 Å². The number of aromatic nitrogens is 3. The molecular weight excluding hydrogens is 459 g/mol. The number of hydrogen-bond acceptors (Lipinski definition) is 7. The van der Waals surface area contributed by atoms with Crippen molar-refractivity contribution in [2.75, 3.05) is 43.5 Å². The van der Waals surface area contributed by atoms with E-state index in [0.29, 0.717) is 23.0 Å². The minimum absolute atomic E-state index is 0.137. The van der Waals surface area contributed by atoms with Gasteiger partial charge in [0.05, 0.1) is 18.8 Å². The van der Waals surface area contributed by atoms with Gasteiger partial charge in [-0.15, -0.1) is 0 Å². The second kappa shape index (κ2) is 9.23. The van der Waals surface area contributed by atoms with E-state index in [-0.39, 0.29) is 17.4 Å². The number of aryl methyl sites for hydroxylation is 1. The number of pyridine rings is 1. The minimum atomic E-state index is -0.297. The molecule has 1 atom stereocenters. The van der Waals surface area contributed by atoms with E-state index >= 15 is 0 Å². The molecule has 3 heterocycles. The predicted molar refractivity (Wildman–Crippen MR) is 138 cm³/mol. The Labute approximate surface area is 207 Å². The SMILES string of the molecule is COc1cccc2c1C(n1c(=O)ccc3cnc(Nc4ccc(N5CCNCC5)c(F)c4)nc31)CC2. The fourth-order valence-electron chi connectivity index (χ4n) is 5.33. The topological polar surface area (TPSA) is 84.3 Å². The molecule has 6 rings (SSSR count). The summed E-state index contributed by atoms with van der Waals surface area (Å²) in [5, 5.41) is 7.15. The fourth-order valence-corrected chi connectivity index (χ4v) is 5.33. The van der Waals surface area contributed by atoms with Crippen LogP contribution in [0.15, 0.2) is 59.5 Å². The number of nitrogens with one attached hydrogen (secondary N) is 2. The van der Waals surface area contributed by atoms with Crippen molar-refractivity contribution in [3.63, 3.8) is 0 Å². The molecule has 0 radical (unpaired) electrons. The van der Waals surface area contributed by atoms with Gasteiger partial charge in [-0.2, -0.15) is 4.98 Å². The maximum absolute atomic E-state index is 14.9.